The predicted molar refractivity (Wildman–Crippen MR) is 27.4 cm³/mol. The van der Waals surface area contributed by atoms with Crippen LogP contribution < -0.4 is 0 Å². The average molecular weight is 94.2 g/mol. The van der Waals surface area contributed by atoms with Crippen LogP contribution >= 0.6 is 0 Å². The maximum absolute atomic E-state index is 7.37. The zero-order valence-electron chi connectivity index (χ0n) is 14.0. The smallest absolute Gasteiger partial charge is 0.0306 e. The zero-order chi connectivity index (χ0) is 14.1. The lowest BCUT2D eigenvalue weighted by Crippen LogP contribution is -1.87. The largest absolute Gasteiger partial charge is 0.0533 e. The van der Waals surface area contributed by atoms with Crippen LogP contribution in [0.4, 0.5) is 0 Å². The van der Waals surface area contributed by atoms with E-state index in [2.05, 4.69) is 0 Å². The second-order valence-corrected chi connectivity index (χ2v) is 0.750. The van der Waals surface area contributed by atoms with Crippen molar-refractivity contribution in [3.8, 4) is 0 Å². The fraction of sp³-hybridized carbons (Fsp3) is 0.833. The second kappa shape index (κ2) is 2.22. The van der Waals surface area contributed by atoms with Crippen molar-refractivity contribution < 1.29 is 15.1 Å². The molecule has 1 fully saturated rings. The minimum Gasteiger partial charge on any atom is -0.0533 e. The third-order valence-electron chi connectivity index (χ3n) is 0.375. The summed E-state index contributed by atoms with van der Waals surface area (Å²) in [5, 5.41) is 0. The molecule has 1 aliphatic carbocycles. The SMILES string of the molecule is [2H][C]1C([2H])([2H])C([2H])([2H])C([2H])([2H])C([2H])([2H])C1([2H])[2H]. The molecule has 1 saturated carbocycles. The molecule has 0 bridgehead atoms. The minimum absolute atomic E-state index is 1.42. The Morgan fingerprint density at radius 2 is 2.00 bits per heavy atom. The van der Waals surface area contributed by atoms with Gasteiger partial charge in [0.25, 0.3) is 0 Å². The molecule has 6 heavy (non-hydrogen) atoms. The molecule has 0 heterocycles. The summed E-state index contributed by atoms with van der Waals surface area (Å²) in [5.41, 5.74) is 0. The van der Waals surface area contributed by atoms with Gasteiger partial charge in [0, 0.05) is 15.1 Å². The van der Waals surface area contributed by atoms with E-state index in [4.69, 9.17) is 15.1 Å². The third kappa shape index (κ3) is 1.00. The van der Waals surface area contributed by atoms with Gasteiger partial charge in [0.05, 0.1) is 0 Å². The molecule has 0 saturated heterocycles. The van der Waals surface area contributed by atoms with Crippen molar-refractivity contribution >= 4 is 0 Å². The Kier molecular flexibility index (Phi) is 0.192. The first-order valence-electron chi connectivity index (χ1n) is 7.00. The lowest BCUT2D eigenvalue weighted by atomic mass is 10.0. The van der Waals surface area contributed by atoms with Crippen LogP contribution in [0.5, 0.6) is 0 Å². The summed E-state index contributed by atoms with van der Waals surface area (Å²) in [6, 6.07) is 0. The van der Waals surface area contributed by atoms with Gasteiger partial charge < -0.3 is 0 Å². The molecule has 0 nitrogen and oxygen atoms in total. The van der Waals surface area contributed by atoms with Crippen molar-refractivity contribution in [1.82, 2.24) is 0 Å². The molecule has 1 aliphatic rings. The molecule has 0 aromatic heterocycles. The van der Waals surface area contributed by atoms with Crippen molar-refractivity contribution in [1.29, 1.82) is 0 Å². The Labute approximate surface area is 55.0 Å². The van der Waals surface area contributed by atoms with Crippen molar-refractivity contribution in [2.24, 2.45) is 0 Å². The standard InChI is InChI=1S/C6H11/c1-2-4-6-5-3-1/h1H,2-6H2/i1D,2D2,3D2,4D2,5D2,6D2. The van der Waals surface area contributed by atoms with Gasteiger partial charge in [-0.25, -0.2) is 0 Å². The van der Waals surface area contributed by atoms with E-state index >= 15 is 0 Å². The van der Waals surface area contributed by atoms with E-state index in [0.29, 0.717) is 0 Å². The van der Waals surface area contributed by atoms with E-state index in [1.807, 2.05) is 0 Å². The lowest BCUT2D eigenvalue weighted by Gasteiger charge is -2.05. The molecule has 0 aromatic carbocycles. The molecular weight excluding hydrogens is 72.1 g/mol. The fourth-order valence-electron chi connectivity index (χ4n) is 0.188. The molecule has 0 atom stereocenters. The monoisotopic (exact) mass is 94.2 g/mol. The van der Waals surface area contributed by atoms with Crippen molar-refractivity contribution in [3.63, 3.8) is 0 Å². The first-order valence-corrected chi connectivity index (χ1v) is 1.50. The van der Waals surface area contributed by atoms with Gasteiger partial charge in [-0.15, -0.1) is 0 Å². The Morgan fingerprint density at radius 1 is 1.33 bits per heavy atom. The van der Waals surface area contributed by atoms with Crippen LogP contribution in [-0.2, 0) is 0 Å². The maximum atomic E-state index is 7.37. The average Bonchev–Trinajstić information content (AvgIpc) is 2.13. The number of hydrogen-bond acceptors (Lipinski definition) is 0. The highest BCUT2D eigenvalue weighted by atomic mass is 14.0. The topological polar surface area (TPSA) is 0 Å². The van der Waals surface area contributed by atoms with Crippen molar-refractivity contribution in [2.75, 3.05) is 0 Å². The molecule has 35 valence electrons. The van der Waals surface area contributed by atoms with Crippen molar-refractivity contribution in [3.05, 3.63) is 6.40 Å². The van der Waals surface area contributed by atoms with Crippen LogP contribution in [0, 0.1) is 6.40 Å². The zero-order valence-corrected chi connectivity index (χ0v) is 3.00. The predicted octanol–water partition coefficient (Wildman–Crippen LogP) is 2.15. The highest BCUT2D eigenvalue weighted by Gasteiger charge is 1.95. The third-order valence-corrected chi connectivity index (χ3v) is 0.375. The fourth-order valence-corrected chi connectivity index (χ4v) is 0.188. The van der Waals surface area contributed by atoms with Gasteiger partial charge in [-0.3, -0.25) is 0 Å². The van der Waals surface area contributed by atoms with E-state index in [1.165, 1.54) is 0 Å². The number of hydrogen-bond donors (Lipinski definition) is 0. The van der Waals surface area contributed by atoms with Gasteiger partial charge in [-0.05, 0) is 6.40 Å². The van der Waals surface area contributed by atoms with E-state index in [-0.39, 0.29) is 0 Å². The summed E-state index contributed by atoms with van der Waals surface area (Å²) in [7, 11) is 0. The first kappa shape index (κ1) is 0.519. The molecule has 0 aromatic rings. The van der Waals surface area contributed by atoms with Gasteiger partial charge in [-0.2, -0.15) is 0 Å². The second-order valence-electron chi connectivity index (χ2n) is 0.750. The van der Waals surface area contributed by atoms with Gasteiger partial charge in [0.1, 0.15) is 0 Å². The molecule has 0 aliphatic heterocycles. The summed E-state index contributed by atoms with van der Waals surface area (Å²) in [4.78, 5) is 0. The van der Waals surface area contributed by atoms with Gasteiger partial charge in [-0.1, -0.05) is 31.9 Å². The summed E-state index contributed by atoms with van der Waals surface area (Å²) in [5.74, 6) is 0. The molecule has 0 spiro atoms. The Hall–Kier alpha value is 0. The maximum Gasteiger partial charge on any atom is 0.0306 e. The van der Waals surface area contributed by atoms with E-state index in [9.17, 15) is 0 Å². The van der Waals surface area contributed by atoms with Crippen LogP contribution in [0.1, 0.15) is 46.9 Å². The summed E-state index contributed by atoms with van der Waals surface area (Å²) in [6.45, 7) is 0. The molecule has 1 rings (SSSR count). The van der Waals surface area contributed by atoms with Gasteiger partial charge >= 0.3 is 0 Å². The van der Waals surface area contributed by atoms with E-state index in [1.54, 1.807) is 0 Å². The van der Waals surface area contributed by atoms with E-state index in [0.717, 1.165) is 0 Å². The Morgan fingerprint density at radius 3 is 2.67 bits per heavy atom. The highest BCUT2D eigenvalue weighted by molar-refractivity contribution is 4.69. The summed E-state index contributed by atoms with van der Waals surface area (Å²) < 4.78 is 80.9. The summed E-state index contributed by atoms with van der Waals surface area (Å²) >= 11 is 0. The quantitative estimate of drug-likeness (QED) is 0.431. The van der Waals surface area contributed by atoms with Crippen LogP contribution in [0.25, 0.3) is 0 Å². The molecule has 0 unspecified atom stereocenters. The highest BCUT2D eigenvalue weighted by Crippen LogP contribution is 2.14. The first-order chi connectivity index (χ1) is 7.15. The van der Waals surface area contributed by atoms with Crippen LogP contribution in [-0.4, -0.2) is 0 Å². The lowest BCUT2D eigenvalue weighted by molar-refractivity contribution is 0.593. The van der Waals surface area contributed by atoms with Crippen LogP contribution in [0.3, 0.4) is 0 Å². The minimum atomic E-state index is -3.41. The van der Waals surface area contributed by atoms with Crippen molar-refractivity contribution in [2.45, 2.75) is 31.9 Å². The summed E-state index contributed by atoms with van der Waals surface area (Å²) in [6.07, 6.45) is -17.9. The van der Waals surface area contributed by atoms with Crippen LogP contribution in [0.2, 0.25) is 0 Å². The number of rotatable bonds is 0. The van der Waals surface area contributed by atoms with Gasteiger partial charge in [0.15, 0.2) is 0 Å². The van der Waals surface area contributed by atoms with Gasteiger partial charge in [0.2, 0.25) is 0 Å². The van der Waals surface area contributed by atoms with Crippen LogP contribution in [0.15, 0.2) is 0 Å². The Balaban J connectivity index is 3.56. The normalized spacial score (nSPS) is 96.3. The molecule has 1 radical (unpaired) electrons. The van der Waals surface area contributed by atoms with E-state index < -0.39 is 38.3 Å². The molecule has 0 amide bonds. The Bertz CT molecular complexity index is 299. The molecule has 0 N–H and O–H groups in total. The molecule has 0 heteroatoms. The molecular formula is C6H11.